The van der Waals surface area contributed by atoms with E-state index in [0.29, 0.717) is 72.7 Å². The van der Waals surface area contributed by atoms with Crippen molar-refractivity contribution in [3.8, 4) is 11.1 Å². The summed E-state index contributed by atoms with van der Waals surface area (Å²) in [7, 11) is -4.00. The lowest BCUT2D eigenvalue weighted by atomic mass is 9.79. The fraction of sp³-hybridized carbons (Fsp3) is 0.333. The van der Waals surface area contributed by atoms with Crippen LogP contribution in [0.2, 0.25) is 0 Å². The average molecular weight is 908 g/mol. The average Bonchev–Trinajstić information content (AvgIpc) is 3.82. The number of hydrogen-bond acceptors (Lipinski definition) is 12. The Balaban J connectivity index is 0.804. The number of fused-ring (bicyclic) bond motifs is 2. The Hall–Kier alpha value is -7.09. The fourth-order valence-electron chi connectivity index (χ4n) is 8.75. The van der Waals surface area contributed by atoms with E-state index in [0.717, 1.165) is 17.0 Å². The Kier molecular flexibility index (Phi) is 11.2. The van der Waals surface area contributed by atoms with Crippen molar-refractivity contribution in [1.82, 2.24) is 30.1 Å². The molecule has 5 amide bonds. The molecule has 2 aromatic carbocycles. The number of anilines is 3. The summed E-state index contributed by atoms with van der Waals surface area (Å²) < 4.78 is 58.1. The van der Waals surface area contributed by atoms with Crippen LogP contribution in [0, 0.1) is 17.6 Å². The van der Waals surface area contributed by atoms with Crippen molar-refractivity contribution in [1.29, 1.82) is 0 Å². The van der Waals surface area contributed by atoms with Gasteiger partial charge in [0.2, 0.25) is 33.5 Å². The number of aromatic amines is 1. The molecule has 0 spiro atoms. The van der Waals surface area contributed by atoms with E-state index in [2.05, 4.69) is 35.2 Å². The minimum Gasteiger partial charge on any atom is -0.382 e. The molecule has 17 nitrogen and oxygen atoms in total. The second-order valence-electron chi connectivity index (χ2n) is 16.7. The van der Waals surface area contributed by atoms with Crippen molar-refractivity contribution in [3.05, 3.63) is 101 Å². The van der Waals surface area contributed by atoms with E-state index in [1.165, 1.54) is 19.2 Å². The Labute approximate surface area is 371 Å². The Morgan fingerprint density at radius 3 is 2.38 bits per heavy atom. The summed E-state index contributed by atoms with van der Waals surface area (Å²) in [6, 6.07) is 10.8. The highest BCUT2D eigenvalue weighted by Crippen LogP contribution is 2.37. The van der Waals surface area contributed by atoms with Gasteiger partial charge in [-0.1, -0.05) is 13.0 Å². The number of amides is 5. The standard InChI is InChI=1S/C45H43F2N9O8S/c1-3-23(2)65(63,64)53-33-9-8-31(46)38(39(33)47)40(58)30-22-50-41-29(30)19-26(21-49-41)24-7-11-35(48-20-24)54-13-15-55(16-14-54)43(60)25-17-27(18-25)51-32-6-4-5-28-37(32)45(62)56(44(28)61)34-10-12-36(57)52-42(34)59/h4-9,11,19-23,25,27,34,51,53H,3,10,12-18H2,1-2H3,(H,49,50)(H,52,57,59). The number of H-pyrrole nitrogens is 1. The first-order valence-corrected chi connectivity index (χ1v) is 22.8. The molecule has 2 atom stereocenters. The highest BCUT2D eigenvalue weighted by atomic mass is 32.2. The molecule has 0 radical (unpaired) electrons. The van der Waals surface area contributed by atoms with E-state index >= 15 is 8.78 Å². The van der Waals surface area contributed by atoms with Gasteiger partial charge in [0.25, 0.3) is 11.8 Å². The van der Waals surface area contributed by atoms with E-state index in [1.807, 2.05) is 17.0 Å². The van der Waals surface area contributed by atoms with E-state index in [4.69, 9.17) is 0 Å². The van der Waals surface area contributed by atoms with Crippen LogP contribution in [0.5, 0.6) is 0 Å². The van der Waals surface area contributed by atoms with Crippen LogP contribution >= 0.6 is 0 Å². The lowest BCUT2D eigenvalue weighted by Crippen LogP contribution is -2.54. The number of nitrogens with zero attached hydrogens (tertiary/aromatic N) is 5. The van der Waals surface area contributed by atoms with Crippen molar-refractivity contribution in [2.24, 2.45) is 5.92 Å². The molecule has 1 saturated carbocycles. The molecule has 0 bridgehead atoms. The molecular formula is C45H43F2N9O8S. The molecule has 5 aromatic rings. The van der Waals surface area contributed by atoms with Gasteiger partial charge in [-0.25, -0.2) is 27.2 Å². The summed E-state index contributed by atoms with van der Waals surface area (Å²) in [6.07, 6.45) is 5.94. The van der Waals surface area contributed by atoms with Gasteiger partial charge in [-0.15, -0.1) is 0 Å². The van der Waals surface area contributed by atoms with Gasteiger partial charge < -0.3 is 20.1 Å². The minimum atomic E-state index is -4.00. The third-order valence-corrected chi connectivity index (χ3v) is 14.7. The minimum absolute atomic E-state index is 0.0264. The van der Waals surface area contributed by atoms with Crippen molar-refractivity contribution >= 4 is 73.6 Å². The van der Waals surface area contributed by atoms with E-state index in [1.54, 1.807) is 37.5 Å². The predicted molar refractivity (Wildman–Crippen MR) is 233 cm³/mol. The molecule has 9 rings (SSSR count). The van der Waals surface area contributed by atoms with E-state index in [9.17, 15) is 37.2 Å². The Morgan fingerprint density at radius 1 is 0.923 bits per heavy atom. The van der Waals surface area contributed by atoms with Crippen LogP contribution in [0.4, 0.5) is 26.0 Å². The predicted octanol–water partition coefficient (Wildman–Crippen LogP) is 4.61. The number of sulfonamides is 1. The van der Waals surface area contributed by atoms with Crippen LogP contribution in [0.1, 0.15) is 82.6 Å². The van der Waals surface area contributed by atoms with Crippen LogP contribution in [-0.4, -0.2) is 112 Å². The molecule has 20 heteroatoms. The molecule has 3 fully saturated rings. The number of imide groups is 2. The normalized spacial score (nSPS) is 20.4. The van der Waals surface area contributed by atoms with Gasteiger partial charge in [0, 0.05) is 90.9 Å². The summed E-state index contributed by atoms with van der Waals surface area (Å²) in [5, 5.41) is 4.98. The molecule has 3 aliphatic heterocycles. The third-order valence-electron chi connectivity index (χ3n) is 12.8. The maximum absolute atomic E-state index is 15.6. The zero-order valence-corrected chi connectivity index (χ0v) is 36.0. The summed E-state index contributed by atoms with van der Waals surface area (Å²) in [6.45, 7) is 5.15. The van der Waals surface area contributed by atoms with Gasteiger partial charge >= 0.3 is 0 Å². The number of ketones is 1. The second-order valence-corrected chi connectivity index (χ2v) is 18.8. The van der Waals surface area contributed by atoms with Crippen LogP contribution in [-0.2, 0) is 24.4 Å². The maximum Gasteiger partial charge on any atom is 0.264 e. The van der Waals surface area contributed by atoms with Crippen molar-refractivity contribution in [2.45, 2.75) is 63.3 Å². The topological polar surface area (TPSA) is 224 Å². The van der Waals surface area contributed by atoms with Crippen LogP contribution < -0.4 is 20.3 Å². The molecule has 4 N–H and O–H groups in total. The summed E-state index contributed by atoms with van der Waals surface area (Å²) >= 11 is 0. The number of piperazine rings is 1. The van der Waals surface area contributed by atoms with E-state index < -0.39 is 73.6 Å². The molecular weight excluding hydrogens is 865 g/mol. The number of piperidine rings is 1. The quantitative estimate of drug-likeness (QED) is 0.0995. The lowest BCUT2D eigenvalue weighted by molar-refractivity contribution is -0.139. The highest BCUT2D eigenvalue weighted by Gasteiger charge is 2.46. The Morgan fingerprint density at radius 2 is 1.68 bits per heavy atom. The smallest absolute Gasteiger partial charge is 0.264 e. The van der Waals surface area contributed by atoms with Crippen LogP contribution in [0.3, 0.4) is 0 Å². The third kappa shape index (κ3) is 7.84. The van der Waals surface area contributed by atoms with Gasteiger partial charge in [-0.3, -0.25) is 43.7 Å². The summed E-state index contributed by atoms with van der Waals surface area (Å²) in [4.78, 5) is 94.9. The van der Waals surface area contributed by atoms with Gasteiger partial charge in [-0.2, -0.15) is 0 Å². The molecule has 4 aliphatic rings. The Bertz CT molecular complexity index is 2930. The molecule has 2 saturated heterocycles. The fourth-order valence-corrected chi connectivity index (χ4v) is 9.85. The molecule has 65 heavy (non-hydrogen) atoms. The number of rotatable bonds is 12. The van der Waals surface area contributed by atoms with Crippen LogP contribution in [0.25, 0.3) is 22.2 Å². The van der Waals surface area contributed by atoms with Crippen molar-refractivity contribution < 1.29 is 46.0 Å². The molecule has 2 unspecified atom stereocenters. The first-order valence-electron chi connectivity index (χ1n) is 21.3. The number of halogens is 2. The van der Waals surface area contributed by atoms with Gasteiger partial charge in [0.05, 0.1) is 27.6 Å². The monoisotopic (exact) mass is 907 g/mol. The largest absolute Gasteiger partial charge is 0.382 e. The molecule has 1 aliphatic carbocycles. The second kappa shape index (κ2) is 16.8. The number of carbonyl (C=O) groups is 6. The molecule has 3 aromatic heterocycles. The van der Waals surface area contributed by atoms with Gasteiger partial charge in [0.15, 0.2) is 5.82 Å². The summed E-state index contributed by atoms with van der Waals surface area (Å²) in [5.74, 6) is -5.27. The first kappa shape index (κ1) is 43.2. The summed E-state index contributed by atoms with van der Waals surface area (Å²) in [5.41, 5.74) is 0.845. The van der Waals surface area contributed by atoms with Gasteiger partial charge in [0.1, 0.15) is 23.3 Å². The maximum atomic E-state index is 15.6. The number of aromatic nitrogens is 3. The first-order chi connectivity index (χ1) is 31.1. The number of benzene rings is 2. The number of pyridine rings is 2. The van der Waals surface area contributed by atoms with Gasteiger partial charge in [-0.05, 0) is 75.1 Å². The highest BCUT2D eigenvalue weighted by molar-refractivity contribution is 7.93. The SMILES string of the molecule is CCC(C)S(=O)(=O)Nc1ccc(F)c(C(=O)c2c[nH]c3ncc(-c4ccc(N5CCN(C(=O)C6CC(Nc7cccc8c7C(=O)N(C7CCC(=O)NC7=O)C8=O)C6)CC5)nc4)cc23)c1F. The zero-order chi connectivity index (χ0) is 45.9. The van der Waals surface area contributed by atoms with Crippen molar-refractivity contribution in [2.75, 3.05) is 41.1 Å². The molecule has 6 heterocycles. The number of nitrogens with one attached hydrogen (secondary N) is 4. The number of carbonyl (C=O) groups excluding carboxylic acids is 6. The van der Waals surface area contributed by atoms with Crippen molar-refractivity contribution in [3.63, 3.8) is 0 Å². The van der Waals surface area contributed by atoms with E-state index in [-0.39, 0.29) is 53.8 Å². The van der Waals surface area contributed by atoms with Crippen LogP contribution in [0.15, 0.2) is 67.1 Å². The lowest BCUT2D eigenvalue weighted by Gasteiger charge is -2.41. The number of hydrogen-bond donors (Lipinski definition) is 4. The zero-order valence-electron chi connectivity index (χ0n) is 35.2. The molecule has 336 valence electrons.